The van der Waals surface area contributed by atoms with E-state index in [4.69, 9.17) is 23.7 Å². The van der Waals surface area contributed by atoms with Gasteiger partial charge in [0.25, 0.3) is 0 Å². The van der Waals surface area contributed by atoms with Crippen molar-refractivity contribution in [1.82, 2.24) is 29.8 Å². The first-order valence-electron chi connectivity index (χ1n) is 22.3. The lowest BCUT2D eigenvalue weighted by Gasteiger charge is -2.47. The molecule has 3 aliphatic rings. The van der Waals surface area contributed by atoms with Gasteiger partial charge in [-0.2, -0.15) is 0 Å². The number of aliphatic hydroxyl groups excluding tert-OH is 1. The Bertz CT molecular complexity index is 2050. The quantitative estimate of drug-likeness (QED) is 0.135. The number of likely N-dealkylation sites (N-methyl/N-ethyl adjacent to an activating group) is 1. The molecule has 3 aromatic rings. The largest absolute Gasteiger partial charge is 0.458 e. The van der Waals surface area contributed by atoms with Gasteiger partial charge < -0.3 is 43.6 Å². The number of aryl methyl sites for hydroxylation is 1. The highest BCUT2D eigenvalue weighted by molar-refractivity contribution is 6.00. The van der Waals surface area contributed by atoms with Gasteiger partial charge in [0.15, 0.2) is 17.7 Å². The van der Waals surface area contributed by atoms with Gasteiger partial charge in [-0.1, -0.05) is 51.1 Å². The van der Waals surface area contributed by atoms with Crippen molar-refractivity contribution in [2.75, 3.05) is 27.7 Å². The number of carbonyl (C=O) groups excluding carboxylic acids is 4. The number of aliphatic hydroxyl groups is 1. The van der Waals surface area contributed by atoms with Crippen molar-refractivity contribution in [3.8, 4) is 0 Å². The summed E-state index contributed by atoms with van der Waals surface area (Å²) in [6, 6.07) is 7.04. The zero-order valence-corrected chi connectivity index (χ0v) is 38.3. The van der Waals surface area contributed by atoms with Crippen molar-refractivity contribution in [2.45, 2.75) is 154 Å². The number of ketones is 2. The van der Waals surface area contributed by atoms with E-state index in [0.717, 1.165) is 22.2 Å². The summed E-state index contributed by atoms with van der Waals surface area (Å²) in [7, 11) is 5.24. The number of Topliss-reactive ketones (excluding diaryl/α,β-unsaturated/α-hetero) is 2. The molecule has 0 spiro atoms. The molecule has 16 heteroatoms. The Kier molecular flexibility index (Phi) is 14.7. The number of ether oxygens (including phenoxy) is 5. The van der Waals surface area contributed by atoms with Crippen LogP contribution in [-0.4, -0.2) is 140 Å². The molecule has 62 heavy (non-hydrogen) atoms. The van der Waals surface area contributed by atoms with Crippen molar-refractivity contribution < 1.29 is 48.0 Å². The van der Waals surface area contributed by atoms with E-state index in [9.17, 15) is 24.3 Å². The average molecular weight is 865 g/mol. The second-order valence-electron chi connectivity index (χ2n) is 18.6. The molecule has 1 amide bonds. The second-order valence-corrected chi connectivity index (χ2v) is 18.6. The van der Waals surface area contributed by atoms with Gasteiger partial charge in [0.2, 0.25) is 0 Å². The lowest BCUT2D eigenvalue weighted by molar-refractivity contribution is -0.295. The standard InChI is InChI=1S/C46H68N6O10/c1-12-36-46(8)40(52(44(57)62-46)20-16-15-19-51-25-32(48-49-51)22-31-24-47-34-18-14-13-17-33(31)34)28(4)37(53)26(2)23-45(7,58-11)41(29(5)38(54)30(6)42(56)60-36)61-43-39(55)35(50(9)10)21-27(3)59-43/h13-14,17-18,24-30,35-36,39-41,43,47,55H,12,15-16,19-23H2,1-11H3/t26-,27?,28+,29?,30?,35?,36?,39-,40-,41-,43?,45+,46-/m1/s1. The number of para-hydroxylation sites is 1. The average Bonchev–Trinajstić information content (AvgIpc) is 3.94. The first-order valence-corrected chi connectivity index (χ1v) is 22.3. The van der Waals surface area contributed by atoms with Gasteiger partial charge in [-0.25, -0.2) is 4.79 Å². The molecule has 5 heterocycles. The number of hydrogen-bond donors (Lipinski definition) is 2. The van der Waals surface area contributed by atoms with Crippen LogP contribution >= 0.6 is 0 Å². The normalized spacial score (nSPS) is 35.2. The van der Waals surface area contributed by atoms with Crippen LogP contribution in [0, 0.1) is 23.7 Å². The monoisotopic (exact) mass is 864 g/mol. The maximum atomic E-state index is 14.8. The number of benzene rings is 1. The summed E-state index contributed by atoms with van der Waals surface area (Å²) in [5.41, 5.74) is 0.359. The summed E-state index contributed by atoms with van der Waals surface area (Å²) in [5, 5.41) is 21.4. The molecule has 0 aliphatic carbocycles. The van der Waals surface area contributed by atoms with Crippen LogP contribution in [0.1, 0.15) is 98.8 Å². The molecule has 342 valence electrons. The molecule has 16 nitrogen and oxygen atoms in total. The van der Waals surface area contributed by atoms with Crippen LogP contribution < -0.4 is 0 Å². The van der Waals surface area contributed by atoms with Gasteiger partial charge in [-0.05, 0) is 85.5 Å². The molecule has 6 rings (SSSR count). The van der Waals surface area contributed by atoms with E-state index in [2.05, 4.69) is 21.4 Å². The molecule has 2 N–H and O–H groups in total. The van der Waals surface area contributed by atoms with Crippen LogP contribution in [0.15, 0.2) is 36.7 Å². The van der Waals surface area contributed by atoms with Crippen molar-refractivity contribution in [3.63, 3.8) is 0 Å². The fourth-order valence-electron chi connectivity index (χ4n) is 10.3. The van der Waals surface area contributed by atoms with E-state index in [1.54, 1.807) is 37.3 Å². The number of fused-ring (bicyclic) bond motifs is 2. The minimum absolute atomic E-state index is 0.124. The lowest BCUT2D eigenvalue weighted by Crippen LogP contribution is -2.60. The summed E-state index contributed by atoms with van der Waals surface area (Å²) in [5.74, 6) is -5.00. The van der Waals surface area contributed by atoms with Crippen molar-refractivity contribution in [3.05, 3.63) is 47.9 Å². The predicted octanol–water partition coefficient (Wildman–Crippen LogP) is 5.33. The molecular formula is C46H68N6O10. The third-order valence-corrected chi connectivity index (χ3v) is 13.8. The van der Waals surface area contributed by atoms with Gasteiger partial charge in [-0.15, -0.1) is 5.10 Å². The van der Waals surface area contributed by atoms with E-state index in [1.807, 2.05) is 70.4 Å². The Labute approximate surface area is 365 Å². The minimum atomic E-state index is -1.41. The van der Waals surface area contributed by atoms with Crippen LogP contribution in [0.4, 0.5) is 4.79 Å². The molecule has 13 atom stereocenters. The predicted molar refractivity (Wildman–Crippen MR) is 230 cm³/mol. The highest BCUT2D eigenvalue weighted by atomic mass is 16.7. The first-order chi connectivity index (χ1) is 29.3. The molecule has 1 aromatic carbocycles. The lowest BCUT2D eigenvalue weighted by atomic mass is 9.73. The maximum absolute atomic E-state index is 14.8. The Hall–Kier alpha value is -4.22. The number of carbonyl (C=O) groups is 4. The van der Waals surface area contributed by atoms with Crippen LogP contribution in [0.25, 0.3) is 10.9 Å². The Morgan fingerprint density at radius 1 is 1.00 bits per heavy atom. The number of hydrogen-bond acceptors (Lipinski definition) is 13. The number of cyclic esters (lactones) is 1. The fourth-order valence-corrected chi connectivity index (χ4v) is 10.3. The van der Waals surface area contributed by atoms with Crippen LogP contribution in [-0.2, 0) is 51.0 Å². The molecule has 3 fully saturated rings. The number of H-pyrrole nitrogens is 1. The highest BCUT2D eigenvalue weighted by Crippen LogP contribution is 2.43. The topological polar surface area (TPSA) is 188 Å². The van der Waals surface area contributed by atoms with Gasteiger partial charge in [0.05, 0.1) is 29.5 Å². The number of aromatic amines is 1. The Morgan fingerprint density at radius 3 is 2.40 bits per heavy atom. The first kappa shape index (κ1) is 47.3. The SMILES string of the molecule is CCC1OC(=O)C(C)C(=O)C(C)[C@@H](OC2OC(C)CC(N(C)C)[C@H]2O)[C@@](C)(OC)C[C@@H](C)C(=O)[C@H](C)[C@H]2N(CCCCn3cc(Cc4c[nH]c5ccccc45)nn3)C(=O)O[C@]12C. The Balaban J connectivity index is 1.23. The van der Waals surface area contributed by atoms with E-state index in [0.29, 0.717) is 32.2 Å². The van der Waals surface area contributed by atoms with E-state index in [1.165, 1.54) is 14.0 Å². The zero-order valence-electron chi connectivity index (χ0n) is 38.3. The number of rotatable bonds is 12. The maximum Gasteiger partial charge on any atom is 0.410 e. The smallest absolute Gasteiger partial charge is 0.410 e. The van der Waals surface area contributed by atoms with Crippen LogP contribution in [0.2, 0.25) is 0 Å². The van der Waals surface area contributed by atoms with E-state index < -0.39 is 83.4 Å². The molecule has 0 saturated carbocycles. The molecule has 0 radical (unpaired) electrons. The highest BCUT2D eigenvalue weighted by Gasteiger charge is 2.60. The van der Waals surface area contributed by atoms with Gasteiger partial charge >= 0.3 is 12.1 Å². The third-order valence-electron chi connectivity index (χ3n) is 13.8. The van der Waals surface area contributed by atoms with Gasteiger partial charge in [0, 0.05) is 73.7 Å². The minimum Gasteiger partial charge on any atom is -0.458 e. The zero-order chi connectivity index (χ0) is 45.3. The summed E-state index contributed by atoms with van der Waals surface area (Å²) < 4.78 is 33.1. The molecule has 2 aromatic heterocycles. The summed E-state index contributed by atoms with van der Waals surface area (Å²) in [6.07, 6.45) is 1.68. The third kappa shape index (κ3) is 9.49. The molecule has 3 saturated heterocycles. The van der Waals surface area contributed by atoms with E-state index in [-0.39, 0.29) is 37.3 Å². The number of nitrogens with one attached hydrogen (secondary N) is 1. The molecule has 0 bridgehead atoms. The van der Waals surface area contributed by atoms with Crippen LogP contribution in [0.3, 0.4) is 0 Å². The fraction of sp³-hybridized carbons (Fsp3) is 0.696. The number of methoxy groups -OCH3 is 1. The number of unbranched alkanes of at least 4 members (excludes halogenated alkanes) is 1. The van der Waals surface area contributed by atoms with Crippen LogP contribution in [0.5, 0.6) is 0 Å². The summed E-state index contributed by atoms with van der Waals surface area (Å²) in [6.45, 7) is 14.8. The van der Waals surface area contributed by atoms with Crippen molar-refractivity contribution in [1.29, 1.82) is 0 Å². The number of aromatic nitrogens is 4. The van der Waals surface area contributed by atoms with Crippen molar-refractivity contribution in [2.24, 2.45) is 23.7 Å². The Morgan fingerprint density at radius 2 is 1.71 bits per heavy atom. The van der Waals surface area contributed by atoms with Gasteiger partial charge in [-0.3, -0.25) is 19.1 Å². The van der Waals surface area contributed by atoms with Gasteiger partial charge in [0.1, 0.15) is 23.9 Å². The molecular weight excluding hydrogens is 797 g/mol. The number of esters is 1. The molecule has 6 unspecified atom stereocenters. The summed E-state index contributed by atoms with van der Waals surface area (Å²) in [4.78, 5) is 63.9. The van der Waals surface area contributed by atoms with E-state index >= 15 is 0 Å². The summed E-state index contributed by atoms with van der Waals surface area (Å²) >= 11 is 0. The molecule has 3 aliphatic heterocycles. The van der Waals surface area contributed by atoms with Crippen molar-refractivity contribution >= 4 is 34.5 Å². The number of nitrogens with zero attached hydrogens (tertiary/aromatic N) is 5. The number of amides is 1. The second kappa shape index (κ2) is 19.3.